The Bertz CT molecular complexity index is 1300. The lowest BCUT2D eigenvalue weighted by atomic mass is 9.78. The number of anilines is 2. The van der Waals surface area contributed by atoms with Crippen LogP contribution in [-0.2, 0) is 4.79 Å². The quantitative estimate of drug-likeness (QED) is 0.464. The molecule has 3 aromatic rings. The SMILES string of the molecule is CCOc1cccc2c1O[C@@]1(C)[C@H](C(=O)Nc3ccc(C)cc3C)[C@@H]2NC(=S)N1c1ccccc1. The van der Waals surface area contributed by atoms with Crippen LogP contribution in [0.25, 0.3) is 0 Å². The summed E-state index contributed by atoms with van der Waals surface area (Å²) in [6, 6.07) is 21.2. The van der Waals surface area contributed by atoms with Gasteiger partial charge in [-0.15, -0.1) is 0 Å². The van der Waals surface area contributed by atoms with Crippen LogP contribution in [0.4, 0.5) is 11.4 Å². The zero-order valence-electron chi connectivity index (χ0n) is 20.3. The smallest absolute Gasteiger partial charge is 0.236 e. The van der Waals surface area contributed by atoms with Crippen molar-refractivity contribution in [2.45, 2.75) is 39.5 Å². The van der Waals surface area contributed by atoms with Gasteiger partial charge in [0, 0.05) is 16.9 Å². The highest BCUT2D eigenvalue weighted by molar-refractivity contribution is 7.80. The zero-order chi connectivity index (χ0) is 24.7. The maximum Gasteiger partial charge on any atom is 0.236 e. The summed E-state index contributed by atoms with van der Waals surface area (Å²) in [4.78, 5) is 15.9. The van der Waals surface area contributed by atoms with Gasteiger partial charge in [-0.05, 0) is 69.7 Å². The summed E-state index contributed by atoms with van der Waals surface area (Å²) >= 11 is 5.82. The van der Waals surface area contributed by atoms with Crippen molar-refractivity contribution in [2.75, 3.05) is 16.8 Å². The van der Waals surface area contributed by atoms with Crippen molar-refractivity contribution in [3.8, 4) is 11.5 Å². The number of para-hydroxylation sites is 2. The number of carbonyl (C=O) groups is 1. The van der Waals surface area contributed by atoms with Gasteiger partial charge in [0.2, 0.25) is 5.91 Å². The molecule has 7 heteroatoms. The van der Waals surface area contributed by atoms with Crippen molar-refractivity contribution in [2.24, 2.45) is 5.92 Å². The van der Waals surface area contributed by atoms with Gasteiger partial charge in [-0.25, -0.2) is 0 Å². The second-order valence-electron chi connectivity index (χ2n) is 9.15. The van der Waals surface area contributed by atoms with Gasteiger partial charge < -0.3 is 20.1 Å². The fraction of sp³-hybridized carbons (Fsp3) is 0.286. The van der Waals surface area contributed by atoms with Crippen molar-refractivity contribution in [3.63, 3.8) is 0 Å². The molecule has 0 unspecified atom stereocenters. The first kappa shape index (κ1) is 23.2. The Morgan fingerprint density at radius 3 is 2.63 bits per heavy atom. The minimum atomic E-state index is -1.10. The van der Waals surface area contributed by atoms with E-state index < -0.39 is 11.6 Å². The van der Waals surface area contributed by atoms with Gasteiger partial charge in [0.15, 0.2) is 22.3 Å². The maximum atomic E-state index is 14.0. The lowest BCUT2D eigenvalue weighted by Gasteiger charge is -2.56. The first-order valence-electron chi connectivity index (χ1n) is 11.8. The van der Waals surface area contributed by atoms with Gasteiger partial charge in [-0.2, -0.15) is 0 Å². The summed E-state index contributed by atoms with van der Waals surface area (Å²) in [5.41, 5.74) is 3.52. The van der Waals surface area contributed by atoms with E-state index in [-0.39, 0.29) is 11.9 Å². The predicted octanol–water partition coefficient (Wildman–Crippen LogP) is 5.50. The van der Waals surface area contributed by atoms with E-state index in [1.165, 1.54) is 0 Å². The summed E-state index contributed by atoms with van der Waals surface area (Å²) < 4.78 is 12.6. The third-order valence-electron chi connectivity index (χ3n) is 6.73. The molecule has 6 nitrogen and oxygen atoms in total. The standard InChI is InChI=1S/C28H29N3O3S/c1-5-33-22-13-9-12-20-24-23(26(32)29-21-15-14-17(2)16-18(21)3)28(4,34-25(20)22)31(27(35)30-24)19-10-7-6-8-11-19/h6-16,23-24H,5H2,1-4H3,(H,29,32)(H,30,35)/t23-,24+,28-/m0/s1. The Balaban J connectivity index is 1.64. The average Bonchev–Trinajstić information content (AvgIpc) is 2.82. The van der Waals surface area contributed by atoms with Crippen LogP contribution in [-0.4, -0.2) is 23.4 Å². The third-order valence-corrected chi connectivity index (χ3v) is 7.03. The molecule has 0 aromatic heterocycles. The molecular formula is C28H29N3O3S. The number of thiocarbonyl (C=S) groups is 1. The summed E-state index contributed by atoms with van der Waals surface area (Å²) in [6.45, 7) is 8.41. The minimum Gasteiger partial charge on any atom is -0.490 e. The Labute approximate surface area is 211 Å². The second kappa shape index (κ2) is 8.89. The fourth-order valence-corrected chi connectivity index (χ4v) is 5.58. The highest BCUT2D eigenvalue weighted by Crippen LogP contribution is 2.52. The first-order chi connectivity index (χ1) is 16.8. The molecule has 5 rings (SSSR count). The van der Waals surface area contributed by atoms with Crippen LogP contribution in [0.15, 0.2) is 66.7 Å². The molecule has 2 aliphatic heterocycles. The number of carbonyl (C=O) groups excluding carboxylic acids is 1. The van der Waals surface area contributed by atoms with E-state index in [4.69, 9.17) is 21.7 Å². The molecule has 3 atom stereocenters. The normalized spacial score (nSPS) is 22.5. The molecule has 2 N–H and O–H groups in total. The number of aryl methyl sites for hydroxylation is 2. The maximum absolute atomic E-state index is 14.0. The Morgan fingerprint density at radius 1 is 1.14 bits per heavy atom. The molecule has 1 saturated heterocycles. The molecule has 1 fully saturated rings. The van der Waals surface area contributed by atoms with Crippen molar-refractivity contribution in [1.29, 1.82) is 0 Å². The zero-order valence-corrected chi connectivity index (χ0v) is 21.1. The topological polar surface area (TPSA) is 62.8 Å². The second-order valence-corrected chi connectivity index (χ2v) is 9.53. The molecule has 0 spiro atoms. The summed E-state index contributed by atoms with van der Waals surface area (Å²) in [6.07, 6.45) is 0. The summed E-state index contributed by atoms with van der Waals surface area (Å²) in [7, 11) is 0. The Hall–Kier alpha value is -3.58. The highest BCUT2D eigenvalue weighted by atomic mass is 32.1. The van der Waals surface area contributed by atoms with E-state index >= 15 is 0 Å². The number of benzene rings is 3. The number of ether oxygens (including phenoxy) is 2. The molecule has 3 aromatic carbocycles. The van der Waals surface area contributed by atoms with E-state index in [9.17, 15) is 4.79 Å². The van der Waals surface area contributed by atoms with Crippen molar-refractivity contribution in [3.05, 3.63) is 83.4 Å². The van der Waals surface area contributed by atoms with Crippen molar-refractivity contribution < 1.29 is 14.3 Å². The van der Waals surface area contributed by atoms with Gasteiger partial charge >= 0.3 is 0 Å². The van der Waals surface area contributed by atoms with Gasteiger partial charge in [-0.3, -0.25) is 9.69 Å². The number of nitrogens with zero attached hydrogens (tertiary/aromatic N) is 1. The van der Waals surface area contributed by atoms with E-state index in [1.54, 1.807) is 0 Å². The monoisotopic (exact) mass is 487 g/mol. The number of hydrogen-bond donors (Lipinski definition) is 2. The van der Waals surface area contributed by atoms with E-state index in [1.807, 2.05) is 93.3 Å². The van der Waals surface area contributed by atoms with Crippen LogP contribution in [0.5, 0.6) is 11.5 Å². The largest absolute Gasteiger partial charge is 0.490 e. The van der Waals surface area contributed by atoms with Gasteiger partial charge in [0.05, 0.1) is 12.6 Å². The number of rotatable bonds is 5. The van der Waals surface area contributed by atoms with Crippen molar-refractivity contribution in [1.82, 2.24) is 5.32 Å². The fourth-order valence-electron chi connectivity index (χ4n) is 5.17. The molecule has 0 radical (unpaired) electrons. The molecule has 1 amide bonds. The third kappa shape index (κ3) is 3.90. The summed E-state index contributed by atoms with van der Waals surface area (Å²) in [5, 5.41) is 7.11. The lowest BCUT2D eigenvalue weighted by Crippen LogP contribution is -2.72. The summed E-state index contributed by atoms with van der Waals surface area (Å²) in [5.74, 6) is 0.526. The van der Waals surface area contributed by atoms with Crippen LogP contribution < -0.4 is 25.0 Å². The molecular weight excluding hydrogens is 458 g/mol. The number of hydrogen-bond acceptors (Lipinski definition) is 4. The average molecular weight is 488 g/mol. The molecule has 0 saturated carbocycles. The van der Waals surface area contributed by atoms with Crippen LogP contribution in [0.1, 0.15) is 36.6 Å². The number of amides is 1. The Morgan fingerprint density at radius 2 is 1.91 bits per heavy atom. The number of nitrogens with one attached hydrogen (secondary N) is 2. The van der Waals surface area contributed by atoms with E-state index in [0.717, 1.165) is 28.1 Å². The highest BCUT2D eigenvalue weighted by Gasteiger charge is 2.59. The van der Waals surface area contributed by atoms with Crippen molar-refractivity contribution >= 4 is 34.6 Å². The molecule has 180 valence electrons. The molecule has 2 aliphatic rings. The van der Waals surface area contributed by atoms with Gasteiger partial charge in [0.1, 0.15) is 5.92 Å². The van der Waals surface area contributed by atoms with E-state index in [0.29, 0.717) is 23.2 Å². The molecule has 2 bridgehead atoms. The number of fused-ring (bicyclic) bond motifs is 4. The molecule has 2 heterocycles. The van der Waals surface area contributed by atoms with Crippen LogP contribution in [0, 0.1) is 19.8 Å². The van der Waals surface area contributed by atoms with Crippen LogP contribution >= 0.6 is 12.2 Å². The van der Waals surface area contributed by atoms with Crippen LogP contribution in [0.2, 0.25) is 0 Å². The Kier molecular flexibility index (Phi) is 5.89. The van der Waals surface area contributed by atoms with Crippen LogP contribution in [0.3, 0.4) is 0 Å². The lowest BCUT2D eigenvalue weighted by molar-refractivity contribution is -0.130. The first-order valence-corrected chi connectivity index (χ1v) is 12.2. The van der Waals surface area contributed by atoms with E-state index in [2.05, 4.69) is 16.7 Å². The minimum absolute atomic E-state index is 0.146. The predicted molar refractivity (Wildman–Crippen MR) is 142 cm³/mol. The van der Waals surface area contributed by atoms with Gasteiger partial charge in [-0.1, -0.05) is 48.0 Å². The molecule has 0 aliphatic carbocycles. The van der Waals surface area contributed by atoms with Gasteiger partial charge in [0.25, 0.3) is 0 Å². The molecule has 35 heavy (non-hydrogen) atoms.